The van der Waals surface area contributed by atoms with Crippen LogP contribution in [0.15, 0.2) is 24.3 Å². The largest absolute Gasteiger partial charge is 0.493 e. The molecule has 1 aromatic rings. The van der Waals surface area contributed by atoms with E-state index in [1.54, 1.807) is 21.2 Å². The lowest BCUT2D eigenvalue weighted by Crippen LogP contribution is -2.39. The summed E-state index contributed by atoms with van der Waals surface area (Å²) >= 11 is 0. The SMILES string of the molecule is COc1ccccc1OC1CCN(CCCS(=O)(=O)N(C)C)CC1. The van der Waals surface area contributed by atoms with E-state index >= 15 is 0 Å². The first kappa shape index (κ1) is 19.0. The van der Waals surface area contributed by atoms with Gasteiger partial charge in [0.2, 0.25) is 10.0 Å². The predicted molar refractivity (Wildman–Crippen MR) is 95.2 cm³/mol. The smallest absolute Gasteiger partial charge is 0.213 e. The molecule has 0 aromatic heterocycles. The summed E-state index contributed by atoms with van der Waals surface area (Å²) in [6, 6.07) is 7.70. The zero-order chi connectivity index (χ0) is 17.6. The summed E-state index contributed by atoms with van der Waals surface area (Å²) in [5.41, 5.74) is 0. The number of likely N-dealkylation sites (tertiary alicyclic amines) is 1. The highest BCUT2D eigenvalue weighted by Crippen LogP contribution is 2.28. The number of hydrogen-bond acceptors (Lipinski definition) is 5. The first-order valence-electron chi connectivity index (χ1n) is 8.34. The maximum Gasteiger partial charge on any atom is 0.213 e. The lowest BCUT2D eigenvalue weighted by Gasteiger charge is -2.32. The molecule has 1 aliphatic heterocycles. The number of hydrogen-bond donors (Lipinski definition) is 0. The van der Waals surface area contributed by atoms with E-state index in [1.165, 1.54) is 4.31 Å². The van der Waals surface area contributed by atoms with Crippen molar-refractivity contribution in [3.05, 3.63) is 24.3 Å². The molecule has 0 bridgehead atoms. The van der Waals surface area contributed by atoms with Crippen LogP contribution in [0.3, 0.4) is 0 Å². The van der Waals surface area contributed by atoms with Crippen molar-refractivity contribution in [2.75, 3.05) is 46.6 Å². The van der Waals surface area contributed by atoms with Crippen molar-refractivity contribution in [1.29, 1.82) is 0 Å². The fourth-order valence-electron chi connectivity index (χ4n) is 2.80. The normalized spacial score (nSPS) is 17.2. The van der Waals surface area contributed by atoms with Gasteiger partial charge in [-0.15, -0.1) is 0 Å². The summed E-state index contributed by atoms with van der Waals surface area (Å²) in [6.45, 7) is 2.68. The van der Waals surface area contributed by atoms with E-state index < -0.39 is 10.0 Å². The first-order valence-corrected chi connectivity index (χ1v) is 9.95. The molecule has 0 saturated carbocycles. The highest BCUT2D eigenvalue weighted by atomic mass is 32.2. The molecule has 0 atom stereocenters. The summed E-state index contributed by atoms with van der Waals surface area (Å²) in [4.78, 5) is 2.31. The van der Waals surface area contributed by atoms with Crippen LogP contribution in [0, 0.1) is 0 Å². The van der Waals surface area contributed by atoms with Crippen molar-refractivity contribution in [3.8, 4) is 11.5 Å². The number of para-hydroxylation sites is 2. The molecule has 1 fully saturated rings. The first-order chi connectivity index (χ1) is 11.4. The number of benzene rings is 1. The van der Waals surface area contributed by atoms with Crippen LogP contribution in [-0.4, -0.2) is 70.3 Å². The lowest BCUT2D eigenvalue weighted by molar-refractivity contribution is 0.0981. The molecule has 6 nitrogen and oxygen atoms in total. The highest BCUT2D eigenvalue weighted by molar-refractivity contribution is 7.89. The second kappa shape index (κ2) is 8.69. The molecule has 136 valence electrons. The molecule has 0 aliphatic carbocycles. The van der Waals surface area contributed by atoms with E-state index in [-0.39, 0.29) is 11.9 Å². The van der Waals surface area contributed by atoms with Gasteiger partial charge in [-0.05, 0) is 37.9 Å². The Kier molecular flexibility index (Phi) is 6.89. The standard InChI is InChI=1S/C17H28N2O4S/c1-18(2)24(20,21)14-6-11-19-12-9-15(10-13-19)23-17-8-5-4-7-16(17)22-3/h4-5,7-8,15H,6,9-14H2,1-3H3. The van der Waals surface area contributed by atoms with Gasteiger partial charge in [0.15, 0.2) is 11.5 Å². The van der Waals surface area contributed by atoms with Crippen molar-refractivity contribution in [3.63, 3.8) is 0 Å². The van der Waals surface area contributed by atoms with Gasteiger partial charge in [0, 0.05) is 27.2 Å². The minimum absolute atomic E-state index is 0.183. The van der Waals surface area contributed by atoms with E-state index in [4.69, 9.17) is 9.47 Å². The summed E-state index contributed by atoms with van der Waals surface area (Å²) in [6.07, 6.45) is 2.73. The number of ether oxygens (including phenoxy) is 2. The molecule has 0 radical (unpaired) electrons. The molecular weight excluding hydrogens is 328 g/mol. The molecule has 1 aromatic carbocycles. The summed E-state index contributed by atoms with van der Waals surface area (Å²) in [5.74, 6) is 1.75. The van der Waals surface area contributed by atoms with Gasteiger partial charge >= 0.3 is 0 Å². The second-order valence-corrected chi connectivity index (χ2v) is 8.56. The molecule has 0 N–H and O–H groups in total. The Morgan fingerprint density at radius 2 is 1.79 bits per heavy atom. The topological polar surface area (TPSA) is 59.1 Å². The number of rotatable bonds is 8. The number of sulfonamides is 1. The minimum Gasteiger partial charge on any atom is -0.493 e. The number of methoxy groups -OCH3 is 1. The van der Waals surface area contributed by atoms with Crippen LogP contribution in [0.25, 0.3) is 0 Å². The van der Waals surface area contributed by atoms with Gasteiger partial charge < -0.3 is 14.4 Å². The van der Waals surface area contributed by atoms with E-state index in [2.05, 4.69) is 4.90 Å². The fraction of sp³-hybridized carbons (Fsp3) is 0.647. The average molecular weight is 356 g/mol. The Morgan fingerprint density at radius 3 is 2.38 bits per heavy atom. The van der Waals surface area contributed by atoms with Crippen LogP contribution in [0.4, 0.5) is 0 Å². The zero-order valence-corrected chi connectivity index (χ0v) is 15.6. The van der Waals surface area contributed by atoms with Gasteiger partial charge in [-0.25, -0.2) is 12.7 Å². The minimum atomic E-state index is -3.09. The molecule has 2 rings (SSSR count). The molecule has 1 saturated heterocycles. The Balaban J connectivity index is 1.74. The summed E-state index contributed by atoms with van der Waals surface area (Å²) in [7, 11) is 1.71. The monoisotopic (exact) mass is 356 g/mol. The Hall–Kier alpha value is -1.31. The molecule has 0 unspecified atom stereocenters. The van der Waals surface area contributed by atoms with Gasteiger partial charge in [0.1, 0.15) is 6.10 Å². The van der Waals surface area contributed by atoms with Crippen LogP contribution >= 0.6 is 0 Å². The van der Waals surface area contributed by atoms with E-state index in [0.717, 1.165) is 44.0 Å². The summed E-state index contributed by atoms with van der Waals surface area (Å²) in [5, 5.41) is 0. The Bertz CT molecular complexity index is 611. The molecule has 1 aliphatic rings. The molecule has 7 heteroatoms. The molecule has 0 amide bonds. The zero-order valence-electron chi connectivity index (χ0n) is 14.8. The second-order valence-electron chi connectivity index (χ2n) is 6.26. The quantitative estimate of drug-likeness (QED) is 0.711. The fourth-order valence-corrected chi connectivity index (χ4v) is 3.66. The maximum atomic E-state index is 11.8. The lowest BCUT2D eigenvalue weighted by atomic mass is 10.1. The van der Waals surface area contributed by atoms with Gasteiger partial charge in [-0.1, -0.05) is 12.1 Å². The predicted octanol–water partition coefficient (Wildman–Crippen LogP) is 1.82. The highest BCUT2D eigenvalue weighted by Gasteiger charge is 2.22. The third-order valence-corrected chi connectivity index (χ3v) is 6.25. The Labute approximate surface area is 145 Å². The van der Waals surface area contributed by atoms with Crippen molar-refractivity contribution in [2.24, 2.45) is 0 Å². The van der Waals surface area contributed by atoms with Crippen molar-refractivity contribution in [1.82, 2.24) is 9.21 Å². The van der Waals surface area contributed by atoms with Gasteiger partial charge in [0.25, 0.3) is 0 Å². The van der Waals surface area contributed by atoms with E-state index in [0.29, 0.717) is 6.42 Å². The van der Waals surface area contributed by atoms with Crippen molar-refractivity contribution in [2.45, 2.75) is 25.4 Å². The molecular formula is C17H28N2O4S. The van der Waals surface area contributed by atoms with E-state index in [1.807, 2.05) is 24.3 Å². The van der Waals surface area contributed by atoms with Gasteiger partial charge in [-0.3, -0.25) is 0 Å². The number of piperidine rings is 1. The van der Waals surface area contributed by atoms with Gasteiger partial charge in [0.05, 0.1) is 12.9 Å². The molecule has 1 heterocycles. The molecule has 0 spiro atoms. The van der Waals surface area contributed by atoms with Gasteiger partial charge in [-0.2, -0.15) is 0 Å². The van der Waals surface area contributed by atoms with Crippen molar-refractivity contribution < 1.29 is 17.9 Å². The van der Waals surface area contributed by atoms with Crippen LogP contribution in [0.1, 0.15) is 19.3 Å². The Morgan fingerprint density at radius 1 is 1.17 bits per heavy atom. The van der Waals surface area contributed by atoms with Crippen LogP contribution in [0.5, 0.6) is 11.5 Å². The van der Waals surface area contributed by atoms with Crippen LogP contribution < -0.4 is 9.47 Å². The molecule has 24 heavy (non-hydrogen) atoms. The van der Waals surface area contributed by atoms with Crippen LogP contribution in [-0.2, 0) is 10.0 Å². The van der Waals surface area contributed by atoms with Crippen LogP contribution in [0.2, 0.25) is 0 Å². The summed E-state index contributed by atoms with van der Waals surface area (Å²) < 4.78 is 36.2. The van der Waals surface area contributed by atoms with Crippen molar-refractivity contribution >= 4 is 10.0 Å². The van der Waals surface area contributed by atoms with E-state index in [9.17, 15) is 8.42 Å². The third kappa shape index (κ3) is 5.36. The maximum absolute atomic E-state index is 11.8. The third-order valence-electron chi connectivity index (χ3n) is 4.33. The number of nitrogens with zero attached hydrogens (tertiary/aromatic N) is 2. The average Bonchev–Trinajstić information content (AvgIpc) is 2.56.